The van der Waals surface area contributed by atoms with Crippen LogP contribution in [0.1, 0.15) is 0 Å². The topological polar surface area (TPSA) is 26.3 Å². The number of benzene rings is 4. The molecule has 0 aliphatic heterocycles. The van der Waals surface area contributed by atoms with Crippen LogP contribution in [0.25, 0.3) is 65.4 Å². The zero-order chi connectivity index (χ0) is 16.8. The van der Waals surface area contributed by atoms with Crippen molar-refractivity contribution in [2.45, 2.75) is 0 Å². The van der Waals surface area contributed by atoms with Crippen molar-refractivity contribution in [1.29, 1.82) is 0 Å². The van der Waals surface area contributed by atoms with Crippen molar-refractivity contribution in [3.05, 3.63) is 72.8 Å². The van der Waals surface area contributed by atoms with Gasteiger partial charge in [0.15, 0.2) is 0 Å². The molecule has 120 valence electrons. The van der Waals surface area contributed by atoms with E-state index in [1.807, 2.05) is 0 Å². The van der Waals surface area contributed by atoms with Gasteiger partial charge in [-0.1, -0.05) is 48.5 Å². The fraction of sp³-hybridized carbons (Fsp3) is 0. The van der Waals surface area contributed by atoms with Gasteiger partial charge in [0.25, 0.3) is 0 Å². The minimum absolute atomic E-state index is 0.932. The SMILES string of the molecule is c1cc2oc3cccc4c5cccc6oc7cccc(c(c1)c2c34)c7c65. The molecule has 0 aliphatic carbocycles. The van der Waals surface area contributed by atoms with E-state index in [-0.39, 0.29) is 0 Å². The molecule has 0 aliphatic rings. The van der Waals surface area contributed by atoms with E-state index in [1.165, 1.54) is 43.1 Å². The van der Waals surface area contributed by atoms with Gasteiger partial charge in [0, 0.05) is 21.5 Å². The average Bonchev–Trinajstić information content (AvgIpc) is 3.24. The second-order valence-corrected chi connectivity index (χ2v) is 6.92. The molecule has 26 heavy (non-hydrogen) atoms. The van der Waals surface area contributed by atoms with Crippen LogP contribution in [0.4, 0.5) is 0 Å². The molecular weight excluding hydrogens is 320 g/mol. The molecular formula is C24H12O2. The summed E-state index contributed by atoms with van der Waals surface area (Å²) in [6.07, 6.45) is 0. The molecule has 0 amide bonds. The number of hydrogen-bond donors (Lipinski definition) is 0. The van der Waals surface area contributed by atoms with Gasteiger partial charge in [-0.05, 0) is 45.8 Å². The predicted octanol–water partition coefficient (Wildman–Crippen LogP) is 7.23. The fourth-order valence-electron chi connectivity index (χ4n) is 4.63. The first-order chi connectivity index (χ1) is 12.9. The number of furan rings is 2. The Balaban J connectivity index is 2.07. The molecule has 0 bridgehead atoms. The Morgan fingerprint density at radius 1 is 0.346 bits per heavy atom. The van der Waals surface area contributed by atoms with Crippen LogP contribution >= 0.6 is 0 Å². The lowest BCUT2D eigenvalue weighted by molar-refractivity contribution is 0.668. The maximum atomic E-state index is 6.21. The third kappa shape index (κ3) is 1.33. The molecule has 0 unspecified atom stereocenters. The predicted molar refractivity (Wildman–Crippen MR) is 107 cm³/mol. The number of rotatable bonds is 0. The summed E-state index contributed by atoms with van der Waals surface area (Å²) in [5.74, 6) is 0. The molecule has 0 saturated carbocycles. The Labute approximate surface area is 147 Å². The lowest BCUT2D eigenvalue weighted by Crippen LogP contribution is -1.80. The highest BCUT2D eigenvalue weighted by molar-refractivity contribution is 6.35. The van der Waals surface area contributed by atoms with Crippen molar-refractivity contribution in [1.82, 2.24) is 0 Å². The van der Waals surface area contributed by atoms with Crippen LogP contribution in [0, 0.1) is 0 Å². The van der Waals surface area contributed by atoms with Crippen molar-refractivity contribution >= 4 is 65.4 Å². The second-order valence-electron chi connectivity index (χ2n) is 6.92. The Morgan fingerprint density at radius 2 is 0.615 bits per heavy atom. The summed E-state index contributed by atoms with van der Waals surface area (Å²) >= 11 is 0. The molecule has 0 radical (unpaired) electrons. The minimum Gasteiger partial charge on any atom is -0.456 e. The van der Waals surface area contributed by atoms with Gasteiger partial charge in [-0.25, -0.2) is 0 Å². The van der Waals surface area contributed by atoms with E-state index >= 15 is 0 Å². The molecule has 0 saturated heterocycles. The second kappa shape index (κ2) is 4.17. The Kier molecular flexibility index (Phi) is 2.05. The monoisotopic (exact) mass is 332 g/mol. The molecule has 0 spiro atoms. The van der Waals surface area contributed by atoms with Crippen LogP contribution in [-0.4, -0.2) is 0 Å². The van der Waals surface area contributed by atoms with Crippen molar-refractivity contribution in [3.63, 3.8) is 0 Å². The Hall–Kier alpha value is -3.52. The van der Waals surface area contributed by atoms with Gasteiger partial charge in [0.2, 0.25) is 0 Å². The smallest absolute Gasteiger partial charge is 0.136 e. The van der Waals surface area contributed by atoms with Gasteiger partial charge >= 0.3 is 0 Å². The highest BCUT2D eigenvalue weighted by Crippen LogP contribution is 2.44. The molecule has 0 atom stereocenters. The Bertz CT molecular complexity index is 1390. The Morgan fingerprint density at radius 3 is 0.885 bits per heavy atom. The largest absolute Gasteiger partial charge is 0.456 e. The highest BCUT2D eigenvalue weighted by Gasteiger charge is 2.18. The van der Waals surface area contributed by atoms with Gasteiger partial charge in [0.1, 0.15) is 22.3 Å². The molecule has 2 nitrogen and oxygen atoms in total. The summed E-state index contributed by atoms with van der Waals surface area (Å²) in [6.45, 7) is 0. The first-order valence-electron chi connectivity index (χ1n) is 8.79. The van der Waals surface area contributed by atoms with Crippen LogP contribution in [0.2, 0.25) is 0 Å². The van der Waals surface area contributed by atoms with Crippen LogP contribution < -0.4 is 0 Å². The van der Waals surface area contributed by atoms with Crippen molar-refractivity contribution in [3.8, 4) is 0 Å². The molecule has 2 heteroatoms. The molecule has 7 aromatic rings. The van der Waals surface area contributed by atoms with Gasteiger partial charge in [0.05, 0.1) is 0 Å². The third-order valence-electron chi connectivity index (χ3n) is 5.63. The quantitative estimate of drug-likeness (QED) is 0.293. The van der Waals surface area contributed by atoms with Crippen LogP contribution in [0.3, 0.4) is 0 Å². The third-order valence-corrected chi connectivity index (χ3v) is 5.63. The lowest BCUT2D eigenvalue weighted by Gasteiger charge is -2.05. The standard InChI is InChI=1S/C24H12O2/c1-5-13-14-6-2-11-19-22(14)24-16(8-4-12-20(24)26-19)15-7-3-10-18-23(15)21(13)17(9-1)25-18/h1-12H. The molecule has 2 heterocycles. The van der Waals surface area contributed by atoms with Gasteiger partial charge < -0.3 is 8.83 Å². The van der Waals surface area contributed by atoms with E-state index in [0.29, 0.717) is 0 Å². The molecule has 7 rings (SSSR count). The summed E-state index contributed by atoms with van der Waals surface area (Å²) in [5.41, 5.74) is 3.73. The molecule has 5 aromatic carbocycles. The van der Waals surface area contributed by atoms with Crippen molar-refractivity contribution < 1.29 is 8.83 Å². The first-order valence-corrected chi connectivity index (χ1v) is 8.79. The number of fused-ring (bicyclic) bond motifs is 2. The van der Waals surface area contributed by atoms with E-state index in [1.54, 1.807) is 0 Å². The number of hydrogen-bond acceptors (Lipinski definition) is 2. The van der Waals surface area contributed by atoms with E-state index in [9.17, 15) is 0 Å². The minimum atomic E-state index is 0.932. The zero-order valence-corrected chi connectivity index (χ0v) is 13.7. The highest BCUT2D eigenvalue weighted by atomic mass is 16.3. The fourth-order valence-corrected chi connectivity index (χ4v) is 4.63. The van der Waals surface area contributed by atoms with E-state index in [0.717, 1.165) is 22.3 Å². The summed E-state index contributed by atoms with van der Waals surface area (Å²) in [7, 11) is 0. The first kappa shape index (κ1) is 12.8. The molecule has 0 fully saturated rings. The molecule has 2 aromatic heterocycles. The van der Waals surface area contributed by atoms with Crippen LogP contribution in [0.15, 0.2) is 81.6 Å². The van der Waals surface area contributed by atoms with Crippen LogP contribution in [0.5, 0.6) is 0 Å². The van der Waals surface area contributed by atoms with Crippen LogP contribution in [-0.2, 0) is 0 Å². The average molecular weight is 332 g/mol. The summed E-state index contributed by atoms with van der Waals surface area (Å²) < 4.78 is 12.4. The molecule has 0 N–H and O–H groups in total. The van der Waals surface area contributed by atoms with E-state index in [2.05, 4.69) is 72.8 Å². The van der Waals surface area contributed by atoms with Crippen molar-refractivity contribution in [2.75, 3.05) is 0 Å². The lowest BCUT2D eigenvalue weighted by atomic mass is 9.95. The summed E-state index contributed by atoms with van der Waals surface area (Å²) in [5, 5.41) is 9.58. The maximum Gasteiger partial charge on any atom is 0.136 e. The van der Waals surface area contributed by atoms with Gasteiger partial charge in [-0.15, -0.1) is 0 Å². The van der Waals surface area contributed by atoms with Gasteiger partial charge in [-0.3, -0.25) is 0 Å². The van der Waals surface area contributed by atoms with Gasteiger partial charge in [-0.2, -0.15) is 0 Å². The summed E-state index contributed by atoms with van der Waals surface area (Å²) in [6, 6.07) is 25.3. The van der Waals surface area contributed by atoms with Crippen molar-refractivity contribution in [2.24, 2.45) is 0 Å². The van der Waals surface area contributed by atoms with E-state index in [4.69, 9.17) is 8.83 Å². The summed E-state index contributed by atoms with van der Waals surface area (Å²) in [4.78, 5) is 0. The zero-order valence-electron chi connectivity index (χ0n) is 13.7. The normalized spacial score (nSPS) is 12.6. The van der Waals surface area contributed by atoms with E-state index < -0.39 is 0 Å². The maximum absolute atomic E-state index is 6.21.